The number of anilines is 1. The first-order valence-corrected chi connectivity index (χ1v) is 13.5. The van der Waals surface area contributed by atoms with E-state index in [0.29, 0.717) is 24.0 Å². The van der Waals surface area contributed by atoms with Crippen LogP contribution in [0.5, 0.6) is 0 Å². The van der Waals surface area contributed by atoms with Crippen molar-refractivity contribution in [2.45, 2.75) is 97.3 Å². The molecule has 3 aliphatic rings. The Labute approximate surface area is 203 Å². The van der Waals surface area contributed by atoms with E-state index in [2.05, 4.69) is 6.92 Å². The summed E-state index contributed by atoms with van der Waals surface area (Å²) in [6, 6.07) is 2.03. The Morgan fingerprint density at radius 3 is 2.36 bits per heavy atom. The van der Waals surface area contributed by atoms with Gasteiger partial charge in [-0.05, 0) is 51.0 Å². The van der Waals surface area contributed by atoms with Crippen LogP contribution in [0, 0.1) is 18.8 Å². The average molecular weight is 480 g/mol. The van der Waals surface area contributed by atoms with Gasteiger partial charge in [0.25, 0.3) is 0 Å². The number of amides is 1. The predicted molar refractivity (Wildman–Crippen MR) is 132 cm³/mol. The lowest BCUT2D eigenvalue weighted by Gasteiger charge is -2.41. The monoisotopic (exact) mass is 479 g/mol. The smallest absolute Gasteiger partial charge is 0.350 e. The molecule has 1 spiro atoms. The third kappa shape index (κ3) is 5.98. The summed E-state index contributed by atoms with van der Waals surface area (Å²) in [6.45, 7) is 9.55. The summed E-state index contributed by atoms with van der Waals surface area (Å²) in [7, 11) is 1.40. The predicted octanol–water partition coefficient (Wildman–Crippen LogP) is 6.10. The first kappa shape index (κ1) is 26.2. The third-order valence-electron chi connectivity index (χ3n) is 7.21. The Hall–Kier alpha value is -1.44. The van der Waals surface area contributed by atoms with Crippen LogP contribution < -0.4 is 4.90 Å². The fourth-order valence-electron chi connectivity index (χ4n) is 5.43. The first-order valence-electron chi connectivity index (χ1n) is 12.7. The van der Waals surface area contributed by atoms with Crippen molar-refractivity contribution in [1.29, 1.82) is 0 Å². The number of nitrogens with zero attached hydrogens (tertiary/aromatic N) is 1. The Morgan fingerprint density at radius 1 is 1.06 bits per heavy atom. The second kappa shape index (κ2) is 11.8. The largest absolute Gasteiger partial charge is 0.465 e. The highest BCUT2D eigenvalue weighted by Crippen LogP contribution is 2.42. The van der Waals surface area contributed by atoms with Gasteiger partial charge in [-0.2, -0.15) is 0 Å². The number of aryl methyl sites for hydroxylation is 1. The molecule has 186 valence electrons. The molecule has 1 amide bonds. The molecular weight excluding hydrogens is 438 g/mol. The van der Waals surface area contributed by atoms with Crippen LogP contribution in [0.25, 0.3) is 0 Å². The minimum absolute atomic E-state index is 0.0190. The minimum atomic E-state index is -0.474. The van der Waals surface area contributed by atoms with E-state index in [1.807, 2.05) is 31.7 Å². The normalized spacial score (nSPS) is 25.1. The van der Waals surface area contributed by atoms with Crippen molar-refractivity contribution < 1.29 is 23.8 Å². The minimum Gasteiger partial charge on any atom is -0.465 e. The van der Waals surface area contributed by atoms with E-state index < -0.39 is 5.79 Å². The van der Waals surface area contributed by atoms with Crippen LogP contribution in [0.4, 0.5) is 5.69 Å². The van der Waals surface area contributed by atoms with Gasteiger partial charge >= 0.3 is 5.97 Å². The topological polar surface area (TPSA) is 65.1 Å². The molecule has 0 N–H and O–H groups in total. The van der Waals surface area contributed by atoms with Crippen molar-refractivity contribution in [2.24, 2.45) is 11.8 Å². The molecule has 4 rings (SSSR count). The van der Waals surface area contributed by atoms with Gasteiger partial charge in [0.2, 0.25) is 5.91 Å². The summed E-state index contributed by atoms with van der Waals surface area (Å²) in [5.41, 5.74) is 0.728. The number of carbonyl (C=O) groups excluding carboxylic acids is 2. The molecule has 1 saturated heterocycles. The maximum absolute atomic E-state index is 14.0. The van der Waals surface area contributed by atoms with Crippen LogP contribution in [0.15, 0.2) is 6.07 Å². The highest BCUT2D eigenvalue weighted by atomic mass is 32.1. The maximum atomic E-state index is 14.0. The van der Waals surface area contributed by atoms with Crippen LogP contribution in [0.2, 0.25) is 0 Å². The molecule has 2 saturated carbocycles. The molecule has 0 bridgehead atoms. The van der Waals surface area contributed by atoms with E-state index in [1.165, 1.54) is 24.9 Å². The molecule has 2 atom stereocenters. The van der Waals surface area contributed by atoms with Crippen LogP contribution in [-0.2, 0) is 19.0 Å². The molecule has 2 aliphatic carbocycles. The van der Waals surface area contributed by atoms with Gasteiger partial charge in [-0.1, -0.05) is 33.6 Å². The van der Waals surface area contributed by atoms with Gasteiger partial charge in [-0.25, -0.2) is 4.79 Å². The van der Waals surface area contributed by atoms with Crippen LogP contribution in [0.3, 0.4) is 0 Å². The maximum Gasteiger partial charge on any atom is 0.350 e. The molecule has 6 nitrogen and oxygen atoms in total. The second-order valence-corrected chi connectivity index (χ2v) is 10.7. The summed E-state index contributed by atoms with van der Waals surface area (Å²) >= 11 is 1.41. The summed E-state index contributed by atoms with van der Waals surface area (Å²) in [5.74, 6) is 0.0250. The van der Waals surface area contributed by atoms with Gasteiger partial charge in [0, 0.05) is 29.7 Å². The van der Waals surface area contributed by atoms with Gasteiger partial charge < -0.3 is 19.1 Å². The van der Waals surface area contributed by atoms with E-state index in [-0.39, 0.29) is 23.8 Å². The molecule has 33 heavy (non-hydrogen) atoms. The second-order valence-electron chi connectivity index (χ2n) is 9.42. The number of esters is 1. The third-order valence-corrected chi connectivity index (χ3v) is 8.23. The number of carbonyl (C=O) groups is 2. The standard InChI is InChI=1S/C24H35NO5S.C2H6/c1-16-5-4-6-18(8-7-16)22(26)25(20-15-17(2)31-21(20)23(27)28-3)19-9-11-24(12-10-19)29-13-14-30-24;1-2/h15-16,18-19H,4-14H2,1-3H3;1-2H3. The van der Waals surface area contributed by atoms with Crippen LogP contribution in [-0.4, -0.2) is 44.0 Å². The lowest BCUT2D eigenvalue weighted by molar-refractivity contribution is -0.179. The van der Waals surface area contributed by atoms with E-state index in [4.69, 9.17) is 14.2 Å². The molecule has 1 aromatic heterocycles. The van der Waals surface area contributed by atoms with Gasteiger partial charge in [0.1, 0.15) is 4.88 Å². The molecule has 0 aromatic carbocycles. The zero-order valence-corrected chi connectivity index (χ0v) is 21.8. The Kier molecular flexibility index (Phi) is 9.36. The summed E-state index contributed by atoms with van der Waals surface area (Å²) in [5, 5.41) is 0. The molecule has 1 aromatic rings. The Bertz CT molecular complexity index is 791. The SMILES string of the molecule is CC.COC(=O)c1sc(C)cc1N(C(=O)C1CCCC(C)CC1)C1CCC2(CC1)OCCO2. The highest BCUT2D eigenvalue weighted by Gasteiger charge is 2.44. The van der Waals surface area contributed by atoms with Crippen molar-refractivity contribution in [1.82, 2.24) is 0 Å². The van der Waals surface area contributed by atoms with Gasteiger partial charge in [0.05, 0.1) is 26.0 Å². The Morgan fingerprint density at radius 2 is 1.73 bits per heavy atom. The number of thiophene rings is 1. The van der Waals surface area contributed by atoms with E-state index in [0.717, 1.165) is 61.9 Å². The number of rotatable bonds is 4. The number of hydrogen-bond acceptors (Lipinski definition) is 6. The average Bonchev–Trinajstić information content (AvgIpc) is 3.38. The van der Waals surface area contributed by atoms with E-state index in [9.17, 15) is 9.59 Å². The molecule has 2 heterocycles. The van der Waals surface area contributed by atoms with Crippen LogP contribution >= 0.6 is 11.3 Å². The van der Waals surface area contributed by atoms with E-state index >= 15 is 0 Å². The lowest BCUT2D eigenvalue weighted by Crippen LogP contribution is -2.49. The molecule has 2 unspecified atom stereocenters. The molecule has 3 fully saturated rings. The zero-order chi connectivity index (χ0) is 24.0. The molecule has 0 radical (unpaired) electrons. The number of methoxy groups -OCH3 is 1. The fourth-order valence-corrected chi connectivity index (χ4v) is 6.35. The van der Waals surface area contributed by atoms with Crippen molar-refractivity contribution in [3.63, 3.8) is 0 Å². The first-order chi connectivity index (χ1) is 15.9. The lowest BCUT2D eigenvalue weighted by atomic mass is 9.87. The summed E-state index contributed by atoms with van der Waals surface area (Å²) < 4.78 is 16.9. The molecule has 7 heteroatoms. The zero-order valence-electron chi connectivity index (χ0n) is 21.0. The van der Waals surface area contributed by atoms with Crippen molar-refractivity contribution in [3.8, 4) is 0 Å². The van der Waals surface area contributed by atoms with Crippen molar-refractivity contribution in [2.75, 3.05) is 25.2 Å². The van der Waals surface area contributed by atoms with Gasteiger partial charge in [-0.3, -0.25) is 4.79 Å². The summed E-state index contributed by atoms with van der Waals surface area (Å²) in [4.78, 5) is 30.0. The quantitative estimate of drug-likeness (QED) is 0.385. The summed E-state index contributed by atoms with van der Waals surface area (Å²) in [6.07, 6.45) is 8.40. The van der Waals surface area contributed by atoms with Crippen LogP contribution in [0.1, 0.15) is 93.1 Å². The van der Waals surface area contributed by atoms with Gasteiger partial charge in [0.15, 0.2) is 5.79 Å². The van der Waals surface area contributed by atoms with E-state index in [1.54, 1.807) is 0 Å². The number of ether oxygens (including phenoxy) is 3. The Balaban J connectivity index is 0.00000149. The molecular formula is C26H41NO5S. The molecule has 1 aliphatic heterocycles. The van der Waals surface area contributed by atoms with Gasteiger partial charge in [-0.15, -0.1) is 11.3 Å². The fraction of sp³-hybridized carbons (Fsp3) is 0.769. The number of hydrogen-bond donors (Lipinski definition) is 0. The van der Waals surface area contributed by atoms with Crippen molar-refractivity contribution >= 4 is 28.9 Å². The highest BCUT2D eigenvalue weighted by molar-refractivity contribution is 7.14. The van der Waals surface area contributed by atoms with Crippen molar-refractivity contribution in [3.05, 3.63) is 15.8 Å².